The molecule has 28 heavy (non-hydrogen) atoms. The van der Waals surface area contributed by atoms with E-state index in [1.54, 1.807) is 7.11 Å². The largest absolute Gasteiger partial charge is 0.353 e. The molecule has 0 amide bonds. The van der Waals surface area contributed by atoms with Crippen LogP contribution in [0.5, 0.6) is 0 Å². The third kappa shape index (κ3) is 14.7. The van der Waals surface area contributed by atoms with Crippen LogP contribution in [0.1, 0.15) is 91.9 Å². The Labute approximate surface area is 172 Å². The van der Waals surface area contributed by atoms with Gasteiger partial charge in [0.1, 0.15) is 0 Å². The second kappa shape index (κ2) is 20.0. The fourth-order valence-corrected chi connectivity index (χ4v) is 2.57. The normalized spacial score (nSPS) is 14.9. The van der Waals surface area contributed by atoms with E-state index >= 15 is 0 Å². The maximum Gasteiger partial charge on any atom is 0.282 e. The summed E-state index contributed by atoms with van der Waals surface area (Å²) in [6, 6.07) is 0. The highest BCUT2D eigenvalue weighted by Gasteiger charge is 2.32. The summed E-state index contributed by atoms with van der Waals surface area (Å²) >= 11 is 0. The molecule has 0 rings (SSSR count). The fourth-order valence-electron chi connectivity index (χ4n) is 2.57. The van der Waals surface area contributed by atoms with E-state index in [2.05, 4.69) is 20.8 Å². The maximum atomic E-state index is 6.01. The molecule has 0 spiro atoms. The first kappa shape index (κ1) is 27.7. The second-order valence-corrected chi connectivity index (χ2v) is 6.77. The third-order valence-corrected chi connectivity index (χ3v) is 4.17. The van der Waals surface area contributed by atoms with E-state index in [4.69, 9.17) is 33.8 Å². The number of rotatable bonds is 22. The predicted molar refractivity (Wildman–Crippen MR) is 108 cm³/mol. The molecule has 7 nitrogen and oxygen atoms in total. The third-order valence-electron chi connectivity index (χ3n) is 4.17. The highest BCUT2D eigenvalue weighted by atomic mass is 17.5. The summed E-state index contributed by atoms with van der Waals surface area (Å²) in [5.41, 5.74) is 0. The Morgan fingerprint density at radius 2 is 1.46 bits per heavy atom. The van der Waals surface area contributed by atoms with Gasteiger partial charge in [0.25, 0.3) is 5.97 Å². The van der Waals surface area contributed by atoms with E-state index in [9.17, 15) is 0 Å². The fraction of sp³-hybridized carbons (Fsp3) is 1.00. The minimum absolute atomic E-state index is 0.467. The van der Waals surface area contributed by atoms with Crippen LogP contribution in [-0.4, -0.2) is 45.8 Å². The molecule has 0 aliphatic heterocycles. The van der Waals surface area contributed by atoms with Crippen molar-refractivity contribution in [1.82, 2.24) is 0 Å². The van der Waals surface area contributed by atoms with Gasteiger partial charge in [-0.25, -0.2) is 4.89 Å². The van der Waals surface area contributed by atoms with E-state index in [1.807, 2.05) is 6.92 Å². The van der Waals surface area contributed by atoms with Gasteiger partial charge in [0, 0.05) is 26.6 Å². The van der Waals surface area contributed by atoms with Crippen molar-refractivity contribution < 1.29 is 33.8 Å². The zero-order chi connectivity index (χ0) is 20.9. The van der Waals surface area contributed by atoms with E-state index in [0.29, 0.717) is 39.3 Å². The minimum atomic E-state index is -0.956. The number of methoxy groups -OCH3 is 1. The van der Waals surface area contributed by atoms with E-state index in [-0.39, 0.29) is 0 Å². The second-order valence-electron chi connectivity index (χ2n) is 6.77. The summed E-state index contributed by atoms with van der Waals surface area (Å²) in [6.07, 6.45) is 8.77. The molecule has 0 aromatic carbocycles. The molecule has 0 N–H and O–H groups in total. The number of unbranched alkanes of at least 4 members (excludes halogenated alkanes) is 4. The standard InChI is InChI=1S/C21H44O7/c1-6-10-14-19-26-28-27-20(22-5)15-12-13-16-21(23-9-4,24-17-8-3)25-18-11-7-2/h20H,6-19H2,1-5H3. The van der Waals surface area contributed by atoms with Crippen molar-refractivity contribution in [3.05, 3.63) is 0 Å². The molecule has 7 heteroatoms. The van der Waals surface area contributed by atoms with Crippen molar-refractivity contribution in [1.29, 1.82) is 0 Å². The van der Waals surface area contributed by atoms with E-state index in [1.165, 1.54) is 0 Å². The summed E-state index contributed by atoms with van der Waals surface area (Å²) in [4.78, 5) is 10.2. The zero-order valence-corrected chi connectivity index (χ0v) is 18.8. The quantitative estimate of drug-likeness (QED) is 0.101. The van der Waals surface area contributed by atoms with Crippen LogP contribution in [0.15, 0.2) is 0 Å². The smallest absolute Gasteiger partial charge is 0.282 e. The molecule has 0 saturated carbocycles. The summed E-state index contributed by atoms with van der Waals surface area (Å²) in [6.45, 7) is 10.6. The van der Waals surface area contributed by atoms with Crippen LogP contribution in [0.2, 0.25) is 0 Å². The first-order chi connectivity index (χ1) is 13.7. The molecule has 170 valence electrons. The zero-order valence-electron chi connectivity index (χ0n) is 18.8. The van der Waals surface area contributed by atoms with Crippen molar-refractivity contribution in [3.8, 4) is 0 Å². The number of hydrogen-bond donors (Lipinski definition) is 0. The van der Waals surface area contributed by atoms with Crippen LogP contribution in [0.4, 0.5) is 0 Å². The SMILES string of the molecule is CCCCCOOOC(CCCCC(OCC)(OCCC)OCCCC)OC. The molecule has 0 fully saturated rings. The summed E-state index contributed by atoms with van der Waals surface area (Å²) in [7, 11) is 1.59. The molecule has 2 unspecified atom stereocenters. The monoisotopic (exact) mass is 408 g/mol. The molecule has 0 radical (unpaired) electrons. The van der Waals surface area contributed by atoms with Crippen LogP contribution >= 0.6 is 0 Å². The summed E-state index contributed by atoms with van der Waals surface area (Å²) in [5, 5.41) is 4.79. The van der Waals surface area contributed by atoms with Crippen molar-refractivity contribution in [2.45, 2.75) is 104 Å². The molecular weight excluding hydrogens is 364 g/mol. The van der Waals surface area contributed by atoms with Crippen molar-refractivity contribution in [3.63, 3.8) is 0 Å². The Morgan fingerprint density at radius 1 is 0.714 bits per heavy atom. The topological polar surface area (TPSA) is 64.6 Å². The Hall–Kier alpha value is -0.280. The van der Waals surface area contributed by atoms with Crippen molar-refractivity contribution in [2.24, 2.45) is 0 Å². The lowest BCUT2D eigenvalue weighted by Crippen LogP contribution is -2.40. The van der Waals surface area contributed by atoms with Gasteiger partial charge in [0.15, 0.2) is 6.29 Å². The molecule has 0 aromatic heterocycles. The van der Waals surface area contributed by atoms with Crippen molar-refractivity contribution >= 4 is 0 Å². The Morgan fingerprint density at radius 3 is 2.11 bits per heavy atom. The van der Waals surface area contributed by atoms with Gasteiger partial charge in [-0.2, -0.15) is 4.89 Å². The molecule has 0 saturated heterocycles. The number of hydrogen-bond acceptors (Lipinski definition) is 7. The van der Waals surface area contributed by atoms with E-state index < -0.39 is 12.3 Å². The van der Waals surface area contributed by atoms with Crippen LogP contribution < -0.4 is 0 Å². The van der Waals surface area contributed by atoms with Crippen LogP contribution in [-0.2, 0) is 33.8 Å². The van der Waals surface area contributed by atoms with Gasteiger partial charge in [-0.15, -0.1) is 0 Å². The van der Waals surface area contributed by atoms with Gasteiger partial charge in [-0.05, 0) is 39.0 Å². The minimum Gasteiger partial charge on any atom is -0.353 e. The van der Waals surface area contributed by atoms with Crippen LogP contribution in [0.25, 0.3) is 0 Å². The first-order valence-corrected chi connectivity index (χ1v) is 11.1. The van der Waals surface area contributed by atoms with Gasteiger partial charge < -0.3 is 18.9 Å². The predicted octanol–water partition coefficient (Wildman–Crippen LogP) is 5.52. The highest BCUT2D eigenvalue weighted by molar-refractivity contribution is 4.60. The highest BCUT2D eigenvalue weighted by Crippen LogP contribution is 2.25. The average molecular weight is 409 g/mol. The Balaban J connectivity index is 4.24. The van der Waals surface area contributed by atoms with E-state index in [0.717, 1.165) is 51.4 Å². The van der Waals surface area contributed by atoms with Crippen LogP contribution in [0, 0.1) is 0 Å². The Bertz CT molecular complexity index is 317. The van der Waals surface area contributed by atoms with Gasteiger partial charge in [0.05, 0.1) is 19.8 Å². The average Bonchev–Trinajstić information content (AvgIpc) is 2.70. The Kier molecular flexibility index (Phi) is 19.8. The molecule has 0 aliphatic rings. The first-order valence-electron chi connectivity index (χ1n) is 11.1. The van der Waals surface area contributed by atoms with Gasteiger partial charge >= 0.3 is 0 Å². The maximum absolute atomic E-state index is 6.01. The van der Waals surface area contributed by atoms with Gasteiger partial charge in [-0.1, -0.05) is 45.1 Å². The molecular formula is C21H44O7. The number of ether oxygens (including phenoxy) is 4. The molecule has 0 bridgehead atoms. The molecule has 2 atom stereocenters. The van der Waals surface area contributed by atoms with Crippen LogP contribution in [0.3, 0.4) is 0 Å². The van der Waals surface area contributed by atoms with Gasteiger partial charge in [-0.3, -0.25) is 0 Å². The van der Waals surface area contributed by atoms with Crippen molar-refractivity contribution in [2.75, 3.05) is 33.5 Å². The lowest BCUT2D eigenvalue weighted by atomic mass is 10.1. The molecule has 0 aromatic rings. The summed E-state index contributed by atoms with van der Waals surface area (Å²) in [5.74, 6) is -0.956. The lowest BCUT2D eigenvalue weighted by Gasteiger charge is -2.33. The van der Waals surface area contributed by atoms with Gasteiger partial charge in [0.2, 0.25) is 0 Å². The summed E-state index contributed by atoms with van der Waals surface area (Å²) < 4.78 is 23.1. The molecule has 0 aliphatic carbocycles. The lowest BCUT2D eigenvalue weighted by molar-refractivity contribution is -0.546. The molecule has 0 heterocycles.